The molecule has 1 rings (SSSR count). The first-order chi connectivity index (χ1) is 7.13. The van der Waals surface area contributed by atoms with E-state index in [-0.39, 0.29) is 0 Å². The standard InChI is InChI=1S/C11H22N4/c1-5-10(4)7-15-11(13-8-14-15)6-12-9(2)3/h8-10,12H,5-7H2,1-4H3. The van der Waals surface area contributed by atoms with E-state index in [9.17, 15) is 0 Å². The van der Waals surface area contributed by atoms with Crippen LogP contribution in [0.25, 0.3) is 0 Å². The van der Waals surface area contributed by atoms with Crippen LogP contribution in [0.15, 0.2) is 6.33 Å². The van der Waals surface area contributed by atoms with Crippen LogP contribution in [0, 0.1) is 5.92 Å². The largest absolute Gasteiger partial charge is 0.308 e. The number of aromatic nitrogens is 3. The first-order valence-electron chi connectivity index (χ1n) is 5.73. The molecular formula is C11H22N4. The molecule has 4 heteroatoms. The van der Waals surface area contributed by atoms with Gasteiger partial charge < -0.3 is 5.32 Å². The molecule has 1 atom stereocenters. The minimum Gasteiger partial charge on any atom is -0.308 e. The number of hydrogen-bond donors (Lipinski definition) is 1. The Kier molecular flexibility index (Phi) is 4.75. The molecule has 1 heterocycles. The summed E-state index contributed by atoms with van der Waals surface area (Å²) in [6.07, 6.45) is 2.82. The van der Waals surface area contributed by atoms with Crippen molar-refractivity contribution in [3.05, 3.63) is 12.2 Å². The third-order valence-electron chi connectivity index (χ3n) is 2.55. The summed E-state index contributed by atoms with van der Waals surface area (Å²) in [4.78, 5) is 4.26. The lowest BCUT2D eigenvalue weighted by Gasteiger charge is -2.12. The zero-order valence-corrected chi connectivity index (χ0v) is 10.2. The molecule has 0 bridgehead atoms. The van der Waals surface area contributed by atoms with Gasteiger partial charge in [-0.1, -0.05) is 34.1 Å². The molecular weight excluding hydrogens is 188 g/mol. The molecule has 86 valence electrons. The van der Waals surface area contributed by atoms with Crippen molar-refractivity contribution < 1.29 is 0 Å². The van der Waals surface area contributed by atoms with E-state index >= 15 is 0 Å². The van der Waals surface area contributed by atoms with Crippen LogP contribution in [0.3, 0.4) is 0 Å². The Morgan fingerprint density at radius 3 is 2.73 bits per heavy atom. The summed E-state index contributed by atoms with van der Waals surface area (Å²) in [6.45, 7) is 10.5. The molecule has 1 N–H and O–H groups in total. The first-order valence-corrected chi connectivity index (χ1v) is 5.73. The van der Waals surface area contributed by atoms with Gasteiger partial charge in [0.25, 0.3) is 0 Å². The Labute approximate surface area is 92.1 Å². The minimum absolute atomic E-state index is 0.485. The number of nitrogens with one attached hydrogen (secondary N) is 1. The molecule has 0 fully saturated rings. The van der Waals surface area contributed by atoms with E-state index in [1.165, 1.54) is 6.42 Å². The first kappa shape index (κ1) is 12.2. The van der Waals surface area contributed by atoms with Crippen LogP contribution in [0.1, 0.15) is 39.9 Å². The lowest BCUT2D eigenvalue weighted by Crippen LogP contribution is -2.25. The quantitative estimate of drug-likeness (QED) is 0.779. The summed E-state index contributed by atoms with van der Waals surface area (Å²) in [6, 6.07) is 0.485. The van der Waals surface area contributed by atoms with Crippen LogP contribution in [0.2, 0.25) is 0 Å². The molecule has 0 amide bonds. The lowest BCUT2D eigenvalue weighted by molar-refractivity contribution is 0.418. The topological polar surface area (TPSA) is 42.7 Å². The molecule has 0 aliphatic heterocycles. The van der Waals surface area contributed by atoms with Gasteiger partial charge in [0, 0.05) is 12.6 Å². The molecule has 0 radical (unpaired) electrons. The number of hydrogen-bond acceptors (Lipinski definition) is 3. The minimum atomic E-state index is 0.485. The SMILES string of the molecule is CCC(C)Cn1ncnc1CNC(C)C. The van der Waals surface area contributed by atoms with E-state index < -0.39 is 0 Å². The van der Waals surface area contributed by atoms with Crippen molar-refractivity contribution in [3.8, 4) is 0 Å². The Bertz CT molecular complexity index is 280. The van der Waals surface area contributed by atoms with E-state index in [1.54, 1.807) is 6.33 Å². The lowest BCUT2D eigenvalue weighted by atomic mass is 10.1. The van der Waals surface area contributed by atoms with E-state index in [2.05, 4.69) is 43.1 Å². The van der Waals surface area contributed by atoms with Gasteiger partial charge in [0.15, 0.2) is 0 Å². The Morgan fingerprint density at radius 1 is 1.40 bits per heavy atom. The predicted octanol–water partition coefficient (Wildman–Crippen LogP) is 1.82. The van der Waals surface area contributed by atoms with Crippen molar-refractivity contribution in [2.24, 2.45) is 5.92 Å². The summed E-state index contributed by atoms with van der Waals surface area (Å²) in [5.41, 5.74) is 0. The van der Waals surface area contributed by atoms with Gasteiger partial charge in [-0.2, -0.15) is 5.10 Å². The second kappa shape index (κ2) is 5.85. The van der Waals surface area contributed by atoms with E-state index in [4.69, 9.17) is 0 Å². The highest BCUT2D eigenvalue weighted by Gasteiger charge is 2.07. The normalized spacial score (nSPS) is 13.4. The van der Waals surface area contributed by atoms with Gasteiger partial charge in [-0.3, -0.25) is 0 Å². The second-order valence-corrected chi connectivity index (χ2v) is 4.41. The van der Waals surface area contributed by atoms with Crippen LogP contribution < -0.4 is 5.32 Å². The molecule has 0 saturated heterocycles. The summed E-state index contributed by atoms with van der Waals surface area (Å²) < 4.78 is 2.00. The van der Waals surface area contributed by atoms with Gasteiger partial charge >= 0.3 is 0 Å². The van der Waals surface area contributed by atoms with Crippen LogP contribution in [-0.2, 0) is 13.1 Å². The smallest absolute Gasteiger partial charge is 0.140 e. The monoisotopic (exact) mass is 210 g/mol. The zero-order valence-electron chi connectivity index (χ0n) is 10.2. The second-order valence-electron chi connectivity index (χ2n) is 4.41. The number of nitrogens with zero attached hydrogens (tertiary/aromatic N) is 3. The van der Waals surface area contributed by atoms with Gasteiger partial charge in [0.05, 0.1) is 6.54 Å². The van der Waals surface area contributed by atoms with E-state index in [0.29, 0.717) is 12.0 Å². The maximum absolute atomic E-state index is 4.26. The average molecular weight is 210 g/mol. The van der Waals surface area contributed by atoms with Gasteiger partial charge in [-0.25, -0.2) is 9.67 Å². The maximum atomic E-state index is 4.26. The fraction of sp³-hybridized carbons (Fsp3) is 0.818. The fourth-order valence-electron chi connectivity index (χ4n) is 1.30. The van der Waals surface area contributed by atoms with Gasteiger partial charge in [-0.15, -0.1) is 0 Å². The molecule has 0 saturated carbocycles. The molecule has 0 aliphatic rings. The van der Waals surface area contributed by atoms with Crippen LogP contribution >= 0.6 is 0 Å². The molecule has 15 heavy (non-hydrogen) atoms. The average Bonchev–Trinajstić information content (AvgIpc) is 2.62. The predicted molar refractivity (Wildman–Crippen MR) is 61.5 cm³/mol. The van der Waals surface area contributed by atoms with Gasteiger partial charge in [0.1, 0.15) is 12.2 Å². The van der Waals surface area contributed by atoms with Crippen molar-refractivity contribution in [2.45, 2.75) is 53.2 Å². The molecule has 0 aliphatic carbocycles. The highest BCUT2D eigenvalue weighted by Crippen LogP contribution is 2.05. The zero-order chi connectivity index (χ0) is 11.3. The third kappa shape index (κ3) is 4.00. The highest BCUT2D eigenvalue weighted by atomic mass is 15.3. The van der Waals surface area contributed by atoms with Crippen molar-refractivity contribution in [2.75, 3.05) is 0 Å². The van der Waals surface area contributed by atoms with E-state index in [1.807, 2.05) is 4.68 Å². The van der Waals surface area contributed by atoms with Crippen LogP contribution in [0.4, 0.5) is 0 Å². The summed E-state index contributed by atoms with van der Waals surface area (Å²) in [5, 5.41) is 7.60. The van der Waals surface area contributed by atoms with Gasteiger partial charge in [0.2, 0.25) is 0 Å². The van der Waals surface area contributed by atoms with Crippen LogP contribution in [-0.4, -0.2) is 20.8 Å². The molecule has 1 aromatic rings. The van der Waals surface area contributed by atoms with Gasteiger partial charge in [-0.05, 0) is 5.92 Å². The Balaban J connectivity index is 2.53. The fourth-order valence-corrected chi connectivity index (χ4v) is 1.30. The molecule has 1 aromatic heterocycles. The van der Waals surface area contributed by atoms with Crippen molar-refractivity contribution in [1.29, 1.82) is 0 Å². The molecule has 1 unspecified atom stereocenters. The molecule has 4 nitrogen and oxygen atoms in total. The summed E-state index contributed by atoms with van der Waals surface area (Å²) >= 11 is 0. The van der Waals surface area contributed by atoms with Crippen molar-refractivity contribution >= 4 is 0 Å². The Hall–Kier alpha value is -0.900. The molecule has 0 spiro atoms. The van der Waals surface area contributed by atoms with Crippen molar-refractivity contribution in [1.82, 2.24) is 20.1 Å². The third-order valence-corrected chi connectivity index (χ3v) is 2.55. The van der Waals surface area contributed by atoms with E-state index in [0.717, 1.165) is 18.9 Å². The summed E-state index contributed by atoms with van der Waals surface area (Å²) in [7, 11) is 0. The number of rotatable bonds is 6. The Morgan fingerprint density at radius 2 is 2.13 bits per heavy atom. The molecule has 0 aromatic carbocycles. The van der Waals surface area contributed by atoms with Crippen molar-refractivity contribution in [3.63, 3.8) is 0 Å². The summed E-state index contributed by atoms with van der Waals surface area (Å²) in [5.74, 6) is 1.69. The maximum Gasteiger partial charge on any atom is 0.140 e. The van der Waals surface area contributed by atoms with Crippen LogP contribution in [0.5, 0.6) is 0 Å². The highest BCUT2D eigenvalue weighted by molar-refractivity contribution is 4.84.